The number of halogens is 3. The molecule has 0 heterocycles. The average Bonchev–Trinajstić information content (AvgIpc) is 2.25. The standard InChI is InChI=1S/C12H16F3NS/c1-3-8(2)7-17-11-5-4-9(6-10(11)16)12(13,14)15/h4-6,8H,3,7,16H2,1-2H3. The summed E-state index contributed by atoms with van der Waals surface area (Å²) in [6.07, 6.45) is -3.28. The van der Waals surface area contributed by atoms with Gasteiger partial charge in [-0.05, 0) is 24.1 Å². The molecule has 96 valence electrons. The number of benzene rings is 1. The number of thioether (sulfide) groups is 1. The summed E-state index contributed by atoms with van der Waals surface area (Å²) in [4.78, 5) is 0.721. The zero-order valence-corrected chi connectivity index (χ0v) is 10.7. The number of anilines is 1. The molecule has 0 aliphatic heterocycles. The van der Waals surface area contributed by atoms with Crippen molar-refractivity contribution in [1.82, 2.24) is 0 Å². The minimum atomic E-state index is -4.33. The van der Waals surface area contributed by atoms with Crippen LogP contribution in [0.15, 0.2) is 23.1 Å². The van der Waals surface area contributed by atoms with E-state index in [1.807, 2.05) is 0 Å². The van der Waals surface area contributed by atoms with Crippen molar-refractivity contribution in [2.45, 2.75) is 31.3 Å². The Morgan fingerprint density at radius 1 is 1.35 bits per heavy atom. The van der Waals surface area contributed by atoms with Crippen molar-refractivity contribution in [2.24, 2.45) is 5.92 Å². The molecule has 0 aliphatic rings. The van der Waals surface area contributed by atoms with E-state index in [2.05, 4.69) is 13.8 Å². The zero-order valence-electron chi connectivity index (χ0n) is 9.84. The first kappa shape index (κ1) is 14.2. The first-order valence-corrected chi connectivity index (χ1v) is 6.42. The second-order valence-electron chi connectivity index (χ2n) is 4.07. The molecule has 0 saturated carbocycles. The summed E-state index contributed by atoms with van der Waals surface area (Å²) in [7, 11) is 0. The van der Waals surface area contributed by atoms with Crippen LogP contribution in [0.1, 0.15) is 25.8 Å². The molecule has 5 heteroatoms. The number of nitrogens with two attached hydrogens (primary N) is 1. The Bertz CT molecular complexity index is 377. The minimum Gasteiger partial charge on any atom is -0.398 e. The second-order valence-corrected chi connectivity index (χ2v) is 5.14. The topological polar surface area (TPSA) is 26.0 Å². The molecule has 1 atom stereocenters. The van der Waals surface area contributed by atoms with Gasteiger partial charge in [0, 0.05) is 16.3 Å². The van der Waals surface area contributed by atoms with Crippen LogP contribution in [0.3, 0.4) is 0 Å². The van der Waals surface area contributed by atoms with Gasteiger partial charge in [0.05, 0.1) is 5.56 Å². The van der Waals surface area contributed by atoms with Gasteiger partial charge in [0.1, 0.15) is 0 Å². The molecule has 0 spiro atoms. The molecule has 17 heavy (non-hydrogen) atoms. The Kier molecular flexibility index (Phi) is 4.74. The highest BCUT2D eigenvalue weighted by Crippen LogP contribution is 2.34. The first-order valence-electron chi connectivity index (χ1n) is 5.44. The van der Waals surface area contributed by atoms with Crippen LogP contribution in [-0.4, -0.2) is 5.75 Å². The summed E-state index contributed by atoms with van der Waals surface area (Å²) in [6.45, 7) is 4.19. The molecule has 0 aromatic heterocycles. The van der Waals surface area contributed by atoms with Gasteiger partial charge in [0.25, 0.3) is 0 Å². The van der Waals surface area contributed by atoms with Gasteiger partial charge in [-0.2, -0.15) is 13.2 Å². The molecule has 1 nitrogen and oxygen atoms in total. The third kappa shape index (κ3) is 4.15. The fourth-order valence-electron chi connectivity index (χ4n) is 1.21. The molecule has 0 fully saturated rings. The highest BCUT2D eigenvalue weighted by molar-refractivity contribution is 7.99. The van der Waals surface area contributed by atoms with Gasteiger partial charge in [-0.15, -0.1) is 11.8 Å². The molecule has 1 aromatic rings. The van der Waals surface area contributed by atoms with Crippen LogP contribution < -0.4 is 5.73 Å². The number of hydrogen-bond acceptors (Lipinski definition) is 2. The maximum atomic E-state index is 12.4. The molecule has 1 aromatic carbocycles. The van der Waals surface area contributed by atoms with Gasteiger partial charge in [-0.3, -0.25) is 0 Å². The molecule has 0 saturated heterocycles. The monoisotopic (exact) mass is 263 g/mol. The lowest BCUT2D eigenvalue weighted by molar-refractivity contribution is -0.137. The minimum absolute atomic E-state index is 0.202. The van der Waals surface area contributed by atoms with Gasteiger partial charge in [-0.1, -0.05) is 20.3 Å². The van der Waals surface area contributed by atoms with E-state index < -0.39 is 11.7 Å². The van der Waals surface area contributed by atoms with E-state index >= 15 is 0 Å². The first-order chi connectivity index (χ1) is 7.84. The predicted molar refractivity (Wildman–Crippen MR) is 66.0 cm³/mol. The van der Waals surface area contributed by atoms with Crippen LogP contribution in [0, 0.1) is 5.92 Å². The number of alkyl halides is 3. The average molecular weight is 263 g/mol. The van der Waals surface area contributed by atoms with Crippen LogP contribution in [0.2, 0.25) is 0 Å². The third-order valence-electron chi connectivity index (χ3n) is 2.56. The lowest BCUT2D eigenvalue weighted by atomic mass is 10.2. The predicted octanol–water partition coefficient (Wildman–Crippen LogP) is 4.43. The van der Waals surface area contributed by atoms with Gasteiger partial charge in [-0.25, -0.2) is 0 Å². The third-order valence-corrected chi connectivity index (χ3v) is 3.98. The molecular weight excluding hydrogens is 247 g/mol. The number of nitrogen functional groups attached to an aromatic ring is 1. The van der Waals surface area contributed by atoms with E-state index in [1.165, 1.54) is 17.8 Å². The van der Waals surface area contributed by atoms with Crippen LogP contribution in [0.4, 0.5) is 18.9 Å². The fourth-order valence-corrected chi connectivity index (χ4v) is 2.30. The van der Waals surface area contributed by atoms with E-state index in [0.717, 1.165) is 29.2 Å². The van der Waals surface area contributed by atoms with Crippen molar-refractivity contribution in [3.8, 4) is 0 Å². The highest BCUT2D eigenvalue weighted by Gasteiger charge is 2.30. The molecule has 0 aliphatic carbocycles. The van der Waals surface area contributed by atoms with Crippen molar-refractivity contribution < 1.29 is 13.2 Å². The van der Waals surface area contributed by atoms with Crippen molar-refractivity contribution in [3.63, 3.8) is 0 Å². The summed E-state index contributed by atoms with van der Waals surface area (Å²) < 4.78 is 37.2. The van der Waals surface area contributed by atoms with Crippen molar-refractivity contribution in [2.75, 3.05) is 11.5 Å². The number of rotatable bonds is 4. The lowest BCUT2D eigenvalue weighted by Gasteiger charge is -2.12. The van der Waals surface area contributed by atoms with Crippen LogP contribution in [0.5, 0.6) is 0 Å². The Morgan fingerprint density at radius 3 is 2.47 bits per heavy atom. The van der Waals surface area contributed by atoms with E-state index in [1.54, 1.807) is 0 Å². The van der Waals surface area contributed by atoms with E-state index in [-0.39, 0.29) is 5.69 Å². The molecule has 2 N–H and O–H groups in total. The van der Waals surface area contributed by atoms with Gasteiger partial charge in [0.15, 0.2) is 0 Å². The smallest absolute Gasteiger partial charge is 0.398 e. The molecular formula is C12H16F3NS. The van der Waals surface area contributed by atoms with Crippen molar-refractivity contribution in [3.05, 3.63) is 23.8 Å². The van der Waals surface area contributed by atoms with Crippen molar-refractivity contribution in [1.29, 1.82) is 0 Å². The summed E-state index contributed by atoms with van der Waals surface area (Å²) in [5.74, 6) is 1.40. The largest absolute Gasteiger partial charge is 0.416 e. The summed E-state index contributed by atoms with van der Waals surface area (Å²) >= 11 is 1.51. The van der Waals surface area contributed by atoms with Crippen molar-refractivity contribution >= 4 is 17.4 Å². The van der Waals surface area contributed by atoms with Crippen LogP contribution in [0.25, 0.3) is 0 Å². The molecule has 0 bridgehead atoms. The summed E-state index contributed by atoms with van der Waals surface area (Å²) in [6, 6.07) is 3.53. The Hall–Kier alpha value is -0.840. The van der Waals surface area contributed by atoms with E-state index in [0.29, 0.717) is 5.92 Å². The fraction of sp³-hybridized carbons (Fsp3) is 0.500. The Morgan fingerprint density at radius 2 is 2.00 bits per heavy atom. The Labute approximate surface area is 104 Å². The Balaban J connectivity index is 2.77. The SMILES string of the molecule is CCC(C)CSc1ccc(C(F)(F)F)cc1N. The summed E-state index contributed by atoms with van der Waals surface area (Å²) in [5.41, 5.74) is 5.14. The summed E-state index contributed by atoms with van der Waals surface area (Å²) in [5, 5.41) is 0. The van der Waals surface area contributed by atoms with Gasteiger partial charge >= 0.3 is 6.18 Å². The zero-order chi connectivity index (χ0) is 13.1. The normalized spacial score (nSPS) is 13.7. The number of hydrogen-bond donors (Lipinski definition) is 1. The van der Waals surface area contributed by atoms with E-state index in [9.17, 15) is 13.2 Å². The van der Waals surface area contributed by atoms with Gasteiger partial charge in [0.2, 0.25) is 0 Å². The lowest BCUT2D eigenvalue weighted by Crippen LogP contribution is -2.06. The van der Waals surface area contributed by atoms with Crippen LogP contribution >= 0.6 is 11.8 Å². The quantitative estimate of drug-likeness (QED) is 0.642. The molecule has 0 radical (unpaired) electrons. The maximum Gasteiger partial charge on any atom is 0.416 e. The molecule has 0 amide bonds. The molecule has 1 rings (SSSR count). The second kappa shape index (κ2) is 5.67. The van der Waals surface area contributed by atoms with E-state index in [4.69, 9.17) is 5.73 Å². The molecule has 1 unspecified atom stereocenters. The highest BCUT2D eigenvalue weighted by atomic mass is 32.2. The van der Waals surface area contributed by atoms with Gasteiger partial charge < -0.3 is 5.73 Å². The van der Waals surface area contributed by atoms with Crippen LogP contribution in [-0.2, 0) is 6.18 Å². The maximum absolute atomic E-state index is 12.4.